The SMILES string of the molecule is Cc1cc(C)n(-c2nnc(SCC(=O)NCc3ccc(C)c(F)c3)n2N)n1. The van der Waals surface area contributed by atoms with Gasteiger partial charge in [0.2, 0.25) is 11.1 Å². The molecular formula is C17H20FN7OS. The lowest BCUT2D eigenvalue weighted by Crippen LogP contribution is -2.25. The minimum Gasteiger partial charge on any atom is -0.351 e. The van der Waals surface area contributed by atoms with Crippen LogP contribution in [0.2, 0.25) is 0 Å². The van der Waals surface area contributed by atoms with Crippen LogP contribution in [0.1, 0.15) is 22.5 Å². The van der Waals surface area contributed by atoms with Crippen molar-refractivity contribution in [1.82, 2.24) is 30.0 Å². The quantitative estimate of drug-likeness (QED) is 0.491. The number of hydrogen-bond donors (Lipinski definition) is 2. The van der Waals surface area contributed by atoms with Gasteiger partial charge >= 0.3 is 0 Å². The Morgan fingerprint density at radius 1 is 1.26 bits per heavy atom. The number of rotatable bonds is 6. The molecule has 10 heteroatoms. The van der Waals surface area contributed by atoms with E-state index in [0.717, 1.165) is 23.1 Å². The molecule has 0 unspecified atom stereocenters. The minimum absolute atomic E-state index is 0.112. The topological polar surface area (TPSA) is 104 Å². The summed E-state index contributed by atoms with van der Waals surface area (Å²) in [6, 6.07) is 6.79. The molecule has 3 aromatic rings. The van der Waals surface area contributed by atoms with Crippen molar-refractivity contribution in [2.24, 2.45) is 0 Å². The Kier molecular flexibility index (Phi) is 5.45. The minimum atomic E-state index is -0.288. The van der Waals surface area contributed by atoms with Gasteiger partial charge in [-0.3, -0.25) is 4.79 Å². The molecule has 2 aromatic heterocycles. The summed E-state index contributed by atoms with van der Waals surface area (Å²) in [5.74, 6) is 6.02. The van der Waals surface area contributed by atoms with Crippen LogP contribution in [0.25, 0.3) is 5.95 Å². The van der Waals surface area contributed by atoms with E-state index in [9.17, 15) is 9.18 Å². The summed E-state index contributed by atoms with van der Waals surface area (Å²) in [4.78, 5) is 12.0. The van der Waals surface area contributed by atoms with Crippen molar-refractivity contribution in [1.29, 1.82) is 0 Å². The number of carbonyl (C=O) groups excluding carboxylic acids is 1. The number of aryl methyl sites for hydroxylation is 3. The van der Waals surface area contributed by atoms with Crippen LogP contribution in [-0.4, -0.2) is 36.3 Å². The molecule has 0 spiro atoms. The Morgan fingerprint density at radius 2 is 2.04 bits per heavy atom. The number of aromatic nitrogens is 5. The van der Waals surface area contributed by atoms with Gasteiger partial charge in [0.15, 0.2) is 0 Å². The zero-order valence-corrected chi connectivity index (χ0v) is 16.0. The predicted molar refractivity (Wildman–Crippen MR) is 100 cm³/mol. The molecule has 1 aromatic carbocycles. The second kappa shape index (κ2) is 7.78. The van der Waals surface area contributed by atoms with E-state index < -0.39 is 0 Å². The number of nitrogens with zero attached hydrogens (tertiary/aromatic N) is 5. The van der Waals surface area contributed by atoms with Crippen LogP contribution >= 0.6 is 11.8 Å². The van der Waals surface area contributed by atoms with Gasteiger partial charge < -0.3 is 11.2 Å². The molecule has 0 atom stereocenters. The van der Waals surface area contributed by atoms with E-state index in [1.807, 2.05) is 19.9 Å². The summed E-state index contributed by atoms with van der Waals surface area (Å²) in [5, 5.41) is 15.5. The number of halogens is 1. The van der Waals surface area contributed by atoms with Crippen molar-refractivity contribution in [3.63, 3.8) is 0 Å². The summed E-state index contributed by atoms with van der Waals surface area (Å²) in [5.41, 5.74) is 2.99. The van der Waals surface area contributed by atoms with Gasteiger partial charge in [-0.2, -0.15) is 5.10 Å². The predicted octanol–water partition coefficient (Wildman–Crippen LogP) is 1.65. The molecule has 0 aliphatic rings. The molecule has 3 N–H and O–H groups in total. The number of carbonyl (C=O) groups is 1. The van der Waals surface area contributed by atoms with E-state index in [2.05, 4.69) is 20.6 Å². The highest BCUT2D eigenvalue weighted by Crippen LogP contribution is 2.17. The Labute approximate surface area is 159 Å². The van der Waals surface area contributed by atoms with Gasteiger partial charge in [-0.1, -0.05) is 23.9 Å². The zero-order chi connectivity index (χ0) is 19.6. The van der Waals surface area contributed by atoms with Gasteiger partial charge in [0.25, 0.3) is 5.95 Å². The normalized spacial score (nSPS) is 11.0. The average molecular weight is 389 g/mol. The first kappa shape index (κ1) is 18.9. The number of nitrogen functional groups attached to an aromatic ring is 1. The van der Waals surface area contributed by atoms with Crippen LogP contribution in [0.3, 0.4) is 0 Å². The highest BCUT2D eigenvalue weighted by Gasteiger charge is 2.16. The van der Waals surface area contributed by atoms with Gasteiger partial charge in [0.05, 0.1) is 11.4 Å². The molecule has 8 nitrogen and oxygen atoms in total. The molecule has 0 saturated heterocycles. The first-order valence-corrected chi connectivity index (χ1v) is 9.22. The van der Waals surface area contributed by atoms with Crippen molar-refractivity contribution in [3.05, 3.63) is 52.6 Å². The summed E-state index contributed by atoms with van der Waals surface area (Å²) < 4.78 is 16.4. The first-order chi connectivity index (χ1) is 12.8. The fourth-order valence-corrected chi connectivity index (χ4v) is 3.15. The lowest BCUT2D eigenvalue weighted by molar-refractivity contribution is -0.118. The van der Waals surface area contributed by atoms with E-state index >= 15 is 0 Å². The van der Waals surface area contributed by atoms with Gasteiger partial charge in [-0.05, 0) is 44.0 Å². The molecule has 0 saturated carbocycles. The molecular weight excluding hydrogens is 369 g/mol. The van der Waals surface area contributed by atoms with Crippen LogP contribution < -0.4 is 11.2 Å². The van der Waals surface area contributed by atoms with Crippen LogP contribution in [0.15, 0.2) is 29.4 Å². The average Bonchev–Trinajstić information content (AvgIpc) is 3.15. The van der Waals surface area contributed by atoms with E-state index in [0.29, 0.717) is 22.2 Å². The van der Waals surface area contributed by atoms with E-state index in [1.165, 1.54) is 10.7 Å². The summed E-state index contributed by atoms with van der Waals surface area (Å²) >= 11 is 1.16. The largest absolute Gasteiger partial charge is 0.351 e. The lowest BCUT2D eigenvalue weighted by Gasteiger charge is -2.07. The van der Waals surface area contributed by atoms with Crippen molar-refractivity contribution < 1.29 is 9.18 Å². The van der Waals surface area contributed by atoms with E-state index in [4.69, 9.17) is 5.84 Å². The summed E-state index contributed by atoms with van der Waals surface area (Å²) in [7, 11) is 0. The van der Waals surface area contributed by atoms with Crippen LogP contribution in [-0.2, 0) is 11.3 Å². The molecule has 0 bridgehead atoms. The smallest absolute Gasteiger partial charge is 0.271 e. The van der Waals surface area contributed by atoms with Crippen LogP contribution in [0.5, 0.6) is 0 Å². The zero-order valence-electron chi connectivity index (χ0n) is 15.2. The molecule has 1 amide bonds. The highest BCUT2D eigenvalue weighted by atomic mass is 32.2. The number of hydrogen-bond acceptors (Lipinski definition) is 6. The molecule has 0 fully saturated rings. The van der Waals surface area contributed by atoms with Gasteiger partial charge in [0.1, 0.15) is 5.82 Å². The highest BCUT2D eigenvalue weighted by molar-refractivity contribution is 7.99. The van der Waals surface area contributed by atoms with Gasteiger partial charge in [-0.25, -0.2) is 13.7 Å². The number of nitrogens with two attached hydrogens (primary N) is 1. The van der Waals surface area contributed by atoms with Crippen LogP contribution in [0.4, 0.5) is 4.39 Å². The molecule has 3 rings (SSSR count). The number of benzene rings is 1. The van der Waals surface area contributed by atoms with Crippen molar-refractivity contribution in [2.75, 3.05) is 11.6 Å². The second-order valence-corrected chi connectivity index (χ2v) is 7.08. The maximum atomic E-state index is 13.5. The maximum absolute atomic E-state index is 13.5. The summed E-state index contributed by atoms with van der Waals surface area (Å²) in [6.45, 7) is 5.71. The number of amides is 1. The molecule has 0 aliphatic carbocycles. The van der Waals surface area contributed by atoms with Gasteiger partial charge in [-0.15, -0.1) is 10.2 Å². The molecule has 142 valence electrons. The lowest BCUT2D eigenvalue weighted by atomic mass is 10.1. The van der Waals surface area contributed by atoms with Crippen molar-refractivity contribution in [3.8, 4) is 5.95 Å². The second-order valence-electron chi connectivity index (χ2n) is 6.14. The third kappa shape index (κ3) is 4.27. The Hall–Kier alpha value is -2.88. The monoisotopic (exact) mass is 389 g/mol. The molecule has 0 radical (unpaired) electrons. The Balaban J connectivity index is 1.57. The summed E-state index contributed by atoms with van der Waals surface area (Å²) in [6.07, 6.45) is 0. The van der Waals surface area contributed by atoms with E-state index in [1.54, 1.807) is 23.7 Å². The third-order valence-electron chi connectivity index (χ3n) is 3.90. The molecule has 0 aliphatic heterocycles. The van der Waals surface area contributed by atoms with Gasteiger partial charge in [0, 0.05) is 12.2 Å². The fraction of sp³-hybridized carbons (Fsp3) is 0.294. The van der Waals surface area contributed by atoms with Crippen LogP contribution in [0, 0.1) is 26.6 Å². The Bertz CT molecular complexity index is 982. The number of nitrogens with one attached hydrogen (secondary N) is 1. The number of thioether (sulfide) groups is 1. The Morgan fingerprint density at radius 3 is 2.70 bits per heavy atom. The van der Waals surface area contributed by atoms with E-state index in [-0.39, 0.29) is 24.0 Å². The molecule has 27 heavy (non-hydrogen) atoms. The third-order valence-corrected chi connectivity index (χ3v) is 4.85. The van der Waals surface area contributed by atoms with Crippen molar-refractivity contribution >= 4 is 17.7 Å². The first-order valence-electron chi connectivity index (χ1n) is 8.24. The molecule has 2 heterocycles. The standard InChI is InChI=1S/C17H20FN7OS/c1-10-4-5-13(7-14(10)18)8-20-15(26)9-27-17-22-21-16(24(17)19)25-12(3)6-11(2)23-25/h4-7H,8-9,19H2,1-3H3,(H,20,26). The van der Waals surface area contributed by atoms with Crippen molar-refractivity contribution in [2.45, 2.75) is 32.5 Å². The fourth-order valence-electron chi connectivity index (χ4n) is 2.47. The maximum Gasteiger partial charge on any atom is 0.271 e.